The molecular formula is C30H30FN3O5S. The summed E-state index contributed by atoms with van der Waals surface area (Å²) in [6.45, 7) is 4.60. The molecule has 2 amide bonds. The van der Waals surface area contributed by atoms with E-state index in [0.29, 0.717) is 34.9 Å². The quantitative estimate of drug-likeness (QED) is 0.260. The summed E-state index contributed by atoms with van der Waals surface area (Å²) >= 11 is 5.69. The predicted octanol–water partition coefficient (Wildman–Crippen LogP) is 4.97. The Balaban J connectivity index is 1.54. The van der Waals surface area contributed by atoms with Crippen LogP contribution >= 0.6 is 12.2 Å². The number of carbonyl (C=O) groups is 3. The third-order valence-electron chi connectivity index (χ3n) is 6.36. The van der Waals surface area contributed by atoms with Crippen LogP contribution in [0.4, 0.5) is 15.8 Å². The van der Waals surface area contributed by atoms with E-state index in [1.165, 1.54) is 11.0 Å². The number of nitrogens with one attached hydrogen (secondary N) is 1. The number of anilines is 2. The smallest absolute Gasteiger partial charge is 0.338 e. The van der Waals surface area contributed by atoms with Gasteiger partial charge in [-0.2, -0.15) is 0 Å². The molecule has 1 aliphatic rings. The number of esters is 1. The molecule has 1 N–H and O–H groups in total. The molecule has 0 spiro atoms. The Kier molecular flexibility index (Phi) is 9.44. The maximum atomic E-state index is 14.3. The van der Waals surface area contributed by atoms with Crippen molar-refractivity contribution in [1.29, 1.82) is 0 Å². The number of amides is 2. The Morgan fingerprint density at radius 2 is 1.68 bits per heavy atom. The number of carbonyl (C=O) groups excluding carboxylic acids is 3. The maximum absolute atomic E-state index is 14.3. The summed E-state index contributed by atoms with van der Waals surface area (Å²) in [5.74, 6) is -0.902. The normalized spacial score (nSPS) is 14.8. The minimum absolute atomic E-state index is 0.166. The highest BCUT2D eigenvalue weighted by Crippen LogP contribution is 2.28. The third kappa shape index (κ3) is 6.63. The minimum Gasteiger partial charge on any atom is -0.494 e. The Morgan fingerprint density at radius 1 is 0.975 bits per heavy atom. The van der Waals surface area contributed by atoms with E-state index in [4.69, 9.17) is 21.7 Å². The summed E-state index contributed by atoms with van der Waals surface area (Å²) in [7, 11) is 0. The summed E-state index contributed by atoms with van der Waals surface area (Å²) in [5, 5.41) is 3.02. The summed E-state index contributed by atoms with van der Waals surface area (Å²) in [4.78, 5) is 41.8. The molecule has 1 saturated heterocycles. The Bertz CT molecular complexity index is 1380. The molecule has 10 heteroatoms. The highest BCUT2D eigenvalue weighted by atomic mass is 32.1. The molecule has 208 valence electrons. The minimum atomic E-state index is -0.897. The first kappa shape index (κ1) is 28.7. The van der Waals surface area contributed by atoms with Crippen molar-refractivity contribution < 1.29 is 28.2 Å². The zero-order chi connectivity index (χ0) is 28.6. The molecule has 0 aromatic heterocycles. The molecule has 0 radical (unpaired) electrons. The van der Waals surface area contributed by atoms with E-state index < -0.39 is 12.0 Å². The van der Waals surface area contributed by atoms with Crippen LogP contribution in [0.2, 0.25) is 0 Å². The van der Waals surface area contributed by atoms with Gasteiger partial charge in [-0.15, -0.1) is 0 Å². The van der Waals surface area contributed by atoms with Crippen LogP contribution in [0.1, 0.15) is 36.2 Å². The fourth-order valence-corrected chi connectivity index (χ4v) is 4.83. The molecule has 0 saturated carbocycles. The monoisotopic (exact) mass is 563 g/mol. The van der Waals surface area contributed by atoms with Crippen LogP contribution in [0, 0.1) is 5.82 Å². The zero-order valence-electron chi connectivity index (χ0n) is 22.3. The molecular weight excluding hydrogens is 533 g/mol. The summed E-state index contributed by atoms with van der Waals surface area (Å²) < 4.78 is 24.8. The van der Waals surface area contributed by atoms with Crippen LogP contribution in [0.15, 0.2) is 72.8 Å². The number of ether oxygens (including phenoxy) is 2. The van der Waals surface area contributed by atoms with Crippen molar-refractivity contribution in [3.63, 3.8) is 0 Å². The van der Waals surface area contributed by atoms with Crippen molar-refractivity contribution in [2.75, 3.05) is 30.0 Å². The highest BCUT2D eigenvalue weighted by Gasteiger charge is 2.44. The van der Waals surface area contributed by atoms with Crippen molar-refractivity contribution >= 4 is 46.5 Å². The van der Waals surface area contributed by atoms with Gasteiger partial charge in [0.05, 0.1) is 30.9 Å². The van der Waals surface area contributed by atoms with Gasteiger partial charge in [0, 0.05) is 12.2 Å². The highest BCUT2D eigenvalue weighted by molar-refractivity contribution is 7.80. The lowest BCUT2D eigenvalue weighted by Crippen LogP contribution is -2.39. The van der Waals surface area contributed by atoms with Crippen LogP contribution in [0.25, 0.3) is 0 Å². The van der Waals surface area contributed by atoms with E-state index in [2.05, 4.69) is 5.32 Å². The molecule has 1 fully saturated rings. The lowest BCUT2D eigenvalue weighted by molar-refractivity contribution is -0.124. The van der Waals surface area contributed by atoms with Crippen molar-refractivity contribution in [1.82, 2.24) is 4.90 Å². The molecule has 3 aromatic rings. The van der Waals surface area contributed by atoms with Gasteiger partial charge in [0.2, 0.25) is 5.91 Å². The van der Waals surface area contributed by atoms with Gasteiger partial charge in [-0.3, -0.25) is 14.5 Å². The van der Waals surface area contributed by atoms with Gasteiger partial charge in [-0.1, -0.05) is 18.2 Å². The Labute approximate surface area is 237 Å². The number of hydrogen-bond donors (Lipinski definition) is 1. The van der Waals surface area contributed by atoms with Gasteiger partial charge >= 0.3 is 5.97 Å². The second-order valence-corrected chi connectivity index (χ2v) is 9.35. The molecule has 1 aliphatic heterocycles. The second-order valence-electron chi connectivity index (χ2n) is 8.98. The van der Waals surface area contributed by atoms with Crippen molar-refractivity contribution in [3.8, 4) is 5.75 Å². The fourth-order valence-electron chi connectivity index (χ4n) is 4.42. The standard InChI is InChI=1S/C30H30FN3O5S/c1-3-38-24-15-11-22(12-16-24)32-27(35)19-26-28(36)34(23-13-9-21(10-14-23)29(37)39-4-2)30(40)33(26)18-17-20-7-5-6-8-25(20)31/h5-16,26H,3-4,17-19H2,1-2H3,(H,32,35)/t26-/m1/s1. The maximum Gasteiger partial charge on any atom is 0.338 e. The first-order chi connectivity index (χ1) is 19.3. The first-order valence-electron chi connectivity index (χ1n) is 13.0. The van der Waals surface area contributed by atoms with E-state index in [0.717, 1.165) is 0 Å². The van der Waals surface area contributed by atoms with E-state index >= 15 is 0 Å². The molecule has 1 heterocycles. The number of hydrogen-bond acceptors (Lipinski definition) is 6. The van der Waals surface area contributed by atoms with Crippen molar-refractivity contribution in [3.05, 3.63) is 89.7 Å². The molecule has 0 bridgehead atoms. The SMILES string of the molecule is CCOC(=O)c1ccc(N2C(=O)[C@@H](CC(=O)Nc3ccc(OCC)cc3)N(CCc3ccccc3F)C2=S)cc1. The average molecular weight is 564 g/mol. The third-order valence-corrected chi connectivity index (χ3v) is 6.78. The molecule has 0 unspecified atom stereocenters. The van der Waals surface area contributed by atoms with Gasteiger partial charge in [-0.25, -0.2) is 9.18 Å². The van der Waals surface area contributed by atoms with Gasteiger partial charge in [0.15, 0.2) is 5.11 Å². The molecule has 1 atom stereocenters. The number of thiocarbonyl (C=S) groups is 1. The topological polar surface area (TPSA) is 88.2 Å². The predicted molar refractivity (Wildman–Crippen MR) is 154 cm³/mol. The van der Waals surface area contributed by atoms with Crippen molar-refractivity contribution in [2.24, 2.45) is 0 Å². The summed E-state index contributed by atoms with van der Waals surface area (Å²) in [5.41, 5.74) is 1.83. The molecule has 8 nitrogen and oxygen atoms in total. The van der Waals surface area contributed by atoms with Crippen LogP contribution in [0.3, 0.4) is 0 Å². The lowest BCUT2D eigenvalue weighted by atomic mass is 10.1. The number of benzene rings is 3. The van der Waals surface area contributed by atoms with Crippen LogP contribution < -0.4 is 15.0 Å². The van der Waals surface area contributed by atoms with Crippen LogP contribution in [0.5, 0.6) is 5.75 Å². The number of nitrogens with zero attached hydrogens (tertiary/aromatic N) is 2. The fraction of sp³-hybridized carbons (Fsp3) is 0.267. The summed E-state index contributed by atoms with van der Waals surface area (Å²) in [6.07, 6.45) is 0.119. The van der Waals surface area contributed by atoms with Crippen LogP contribution in [-0.4, -0.2) is 53.6 Å². The van der Waals surface area contributed by atoms with Crippen LogP contribution in [-0.2, 0) is 20.7 Å². The Morgan fingerprint density at radius 3 is 2.33 bits per heavy atom. The zero-order valence-corrected chi connectivity index (χ0v) is 23.1. The molecule has 4 rings (SSSR count). The molecule has 0 aliphatic carbocycles. The second kappa shape index (κ2) is 13.2. The lowest BCUT2D eigenvalue weighted by Gasteiger charge is -2.24. The largest absolute Gasteiger partial charge is 0.494 e. The van der Waals surface area contributed by atoms with Crippen molar-refractivity contribution in [2.45, 2.75) is 32.7 Å². The average Bonchev–Trinajstić information content (AvgIpc) is 3.17. The van der Waals surface area contributed by atoms with Gasteiger partial charge in [0.1, 0.15) is 17.6 Å². The number of halogens is 1. The molecule has 40 heavy (non-hydrogen) atoms. The van der Waals surface area contributed by atoms with Gasteiger partial charge in [0.25, 0.3) is 5.91 Å². The molecule has 3 aromatic carbocycles. The van der Waals surface area contributed by atoms with E-state index in [-0.39, 0.29) is 48.7 Å². The van der Waals surface area contributed by atoms with Gasteiger partial charge in [-0.05, 0) is 92.6 Å². The van der Waals surface area contributed by atoms with Gasteiger partial charge < -0.3 is 19.7 Å². The summed E-state index contributed by atoms with van der Waals surface area (Å²) in [6, 6.07) is 18.8. The van der Waals surface area contributed by atoms with E-state index in [1.807, 2.05) is 6.92 Å². The number of rotatable bonds is 11. The Hall–Kier alpha value is -4.31. The van der Waals surface area contributed by atoms with E-state index in [1.54, 1.807) is 78.6 Å². The van der Waals surface area contributed by atoms with E-state index in [9.17, 15) is 18.8 Å². The first-order valence-corrected chi connectivity index (χ1v) is 13.4.